The number of nitrogens with one attached hydrogen (secondary N) is 1. The summed E-state index contributed by atoms with van der Waals surface area (Å²) >= 11 is 0. The highest BCUT2D eigenvalue weighted by molar-refractivity contribution is 5.34. The molecule has 4 nitrogen and oxygen atoms in total. The Morgan fingerprint density at radius 1 is 1.39 bits per heavy atom. The van der Waals surface area contributed by atoms with Gasteiger partial charge < -0.3 is 10.1 Å². The lowest BCUT2D eigenvalue weighted by Crippen LogP contribution is -2.10. The minimum absolute atomic E-state index is 0.616. The molecule has 4 heteroatoms. The lowest BCUT2D eigenvalue weighted by atomic mass is 10.1. The highest BCUT2D eigenvalue weighted by atomic mass is 16.5. The second kappa shape index (κ2) is 5.48. The van der Waals surface area contributed by atoms with E-state index in [0.717, 1.165) is 44.2 Å². The van der Waals surface area contributed by atoms with Crippen LogP contribution in [0.1, 0.15) is 37.4 Å². The Balaban J connectivity index is 1.50. The van der Waals surface area contributed by atoms with E-state index in [1.807, 2.05) is 12.3 Å². The highest BCUT2D eigenvalue weighted by Crippen LogP contribution is 2.37. The summed E-state index contributed by atoms with van der Waals surface area (Å²) in [4.78, 5) is 8.87. The Labute approximate surface area is 107 Å². The van der Waals surface area contributed by atoms with Crippen molar-refractivity contribution in [3.63, 3.8) is 0 Å². The molecule has 0 saturated heterocycles. The van der Waals surface area contributed by atoms with E-state index >= 15 is 0 Å². The van der Waals surface area contributed by atoms with E-state index in [0.29, 0.717) is 5.92 Å². The predicted octanol–water partition coefficient (Wildman–Crippen LogP) is 2.50. The summed E-state index contributed by atoms with van der Waals surface area (Å²) in [5.74, 6) is 2.58. The molecule has 1 N–H and O–H groups in total. The molecule has 2 heterocycles. The lowest BCUT2D eigenvalue weighted by Gasteiger charge is -2.14. The molecule has 0 atom stereocenters. The van der Waals surface area contributed by atoms with Crippen molar-refractivity contribution in [2.75, 3.05) is 25.1 Å². The Bertz CT molecular complexity index is 440. The number of ether oxygens (including phenoxy) is 1. The second-order valence-electron chi connectivity index (χ2n) is 4.94. The lowest BCUT2D eigenvalue weighted by molar-refractivity contribution is 0.153. The fourth-order valence-electron chi connectivity index (χ4n) is 2.15. The zero-order valence-corrected chi connectivity index (χ0v) is 10.6. The van der Waals surface area contributed by atoms with Crippen molar-refractivity contribution in [2.45, 2.75) is 31.6 Å². The monoisotopic (exact) mass is 245 g/mol. The van der Waals surface area contributed by atoms with Crippen LogP contribution in [0.2, 0.25) is 0 Å². The molecule has 1 aliphatic carbocycles. The van der Waals surface area contributed by atoms with Crippen molar-refractivity contribution < 1.29 is 4.74 Å². The van der Waals surface area contributed by atoms with Crippen LogP contribution in [0, 0.1) is 0 Å². The van der Waals surface area contributed by atoms with Crippen LogP contribution in [0.3, 0.4) is 0 Å². The first-order valence-corrected chi connectivity index (χ1v) is 6.74. The molecule has 0 bridgehead atoms. The molecule has 1 aromatic heterocycles. The molecular formula is C14H19N3O. The third-order valence-electron chi connectivity index (χ3n) is 3.43. The minimum atomic E-state index is 0.616. The summed E-state index contributed by atoms with van der Waals surface area (Å²) in [7, 11) is 0. The quantitative estimate of drug-likeness (QED) is 0.810. The van der Waals surface area contributed by atoms with Crippen LogP contribution in [-0.4, -0.2) is 29.7 Å². The van der Waals surface area contributed by atoms with Crippen molar-refractivity contribution in [2.24, 2.45) is 0 Å². The molecule has 1 aliphatic heterocycles. The van der Waals surface area contributed by atoms with E-state index in [9.17, 15) is 0 Å². The van der Waals surface area contributed by atoms with Gasteiger partial charge in [0.2, 0.25) is 0 Å². The average molecular weight is 245 g/mol. The second-order valence-corrected chi connectivity index (χ2v) is 4.94. The molecule has 96 valence electrons. The Morgan fingerprint density at radius 2 is 2.33 bits per heavy atom. The number of hydrogen-bond donors (Lipinski definition) is 1. The van der Waals surface area contributed by atoms with Crippen LogP contribution in [-0.2, 0) is 4.74 Å². The van der Waals surface area contributed by atoms with Gasteiger partial charge in [-0.3, -0.25) is 0 Å². The van der Waals surface area contributed by atoms with Gasteiger partial charge in [-0.15, -0.1) is 0 Å². The summed E-state index contributed by atoms with van der Waals surface area (Å²) in [5, 5.41) is 3.38. The first-order chi connectivity index (χ1) is 8.92. The zero-order valence-electron chi connectivity index (χ0n) is 10.6. The topological polar surface area (TPSA) is 47.0 Å². The molecule has 1 aromatic rings. The van der Waals surface area contributed by atoms with Crippen molar-refractivity contribution in [1.82, 2.24) is 9.97 Å². The smallest absolute Gasteiger partial charge is 0.133 e. The van der Waals surface area contributed by atoms with Crippen LogP contribution in [0.5, 0.6) is 0 Å². The normalized spacial score (nSPS) is 19.4. The average Bonchev–Trinajstić information content (AvgIpc) is 3.25. The number of nitrogens with zero attached hydrogens (tertiary/aromatic N) is 2. The summed E-state index contributed by atoms with van der Waals surface area (Å²) in [5.41, 5.74) is 1.49. The molecule has 0 radical (unpaired) electrons. The third-order valence-corrected chi connectivity index (χ3v) is 3.43. The van der Waals surface area contributed by atoms with E-state index in [4.69, 9.17) is 4.74 Å². The number of aromatic nitrogens is 2. The van der Waals surface area contributed by atoms with Crippen molar-refractivity contribution in [3.05, 3.63) is 29.7 Å². The van der Waals surface area contributed by atoms with Crippen LogP contribution >= 0.6 is 0 Å². The minimum Gasteiger partial charge on any atom is -0.377 e. The van der Waals surface area contributed by atoms with Crippen LogP contribution in [0.15, 0.2) is 23.9 Å². The van der Waals surface area contributed by atoms with Crippen LogP contribution in [0.4, 0.5) is 5.82 Å². The molecule has 2 aliphatic rings. The van der Waals surface area contributed by atoms with Crippen molar-refractivity contribution in [3.8, 4) is 0 Å². The summed E-state index contributed by atoms with van der Waals surface area (Å²) in [6, 6.07) is 1.95. The summed E-state index contributed by atoms with van der Waals surface area (Å²) in [6.45, 7) is 2.58. The maximum atomic E-state index is 5.30. The van der Waals surface area contributed by atoms with Gasteiger partial charge in [0, 0.05) is 18.7 Å². The maximum absolute atomic E-state index is 5.30. The van der Waals surface area contributed by atoms with Crippen molar-refractivity contribution in [1.29, 1.82) is 0 Å². The molecule has 18 heavy (non-hydrogen) atoms. The van der Waals surface area contributed by atoms with E-state index in [2.05, 4.69) is 21.4 Å². The fourth-order valence-corrected chi connectivity index (χ4v) is 2.15. The van der Waals surface area contributed by atoms with Gasteiger partial charge in [0.1, 0.15) is 11.6 Å². The van der Waals surface area contributed by atoms with Gasteiger partial charge in [0.25, 0.3) is 0 Å². The first-order valence-electron chi connectivity index (χ1n) is 6.74. The SMILES string of the molecule is C1=C(CCNc2ccnc(C3CC3)n2)CCOC1. The maximum Gasteiger partial charge on any atom is 0.133 e. The molecule has 0 spiro atoms. The van der Waals surface area contributed by atoms with E-state index < -0.39 is 0 Å². The number of hydrogen-bond acceptors (Lipinski definition) is 4. The van der Waals surface area contributed by atoms with Crippen LogP contribution < -0.4 is 5.32 Å². The van der Waals surface area contributed by atoms with Gasteiger partial charge >= 0.3 is 0 Å². The van der Waals surface area contributed by atoms with Gasteiger partial charge in [-0.1, -0.05) is 11.6 Å². The fraction of sp³-hybridized carbons (Fsp3) is 0.571. The number of anilines is 1. The highest BCUT2D eigenvalue weighted by Gasteiger charge is 2.26. The Kier molecular flexibility index (Phi) is 3.55. The number of rotatable bonds is 5. The van der Waals surface area contributed by atoms with Gasteiger partial charge in [-0.2, -0.15) is 0 Å². The standard InChI is InChI=1S/C14H19N3O/c1-2-12(1)14-16-8-4-13(17-14)15-7-3-11-5-9-18-10-6-11/h4-5,8,12H,1-3,6-7,9-10H2,(H,15,16,17). The molecule has 1 fully saturated rings. The molecule has 3 rings (SSSR count). The molecule has 0 amide bonds. The molecule has 0 unspecified atom stereocenters. The summed E-state index contributed by atoms with van der Waals surface area (Å²) in [6.07, 6.45) is 8.69. The Hall–Kier alpha value is -1.42. The van der Waals surface area contributed by atoms with E-state index in [1.165, 1.54) is 18.4 Å². The first kappa shape index (κ1) is 11.7. The van der Waals surface area contributed by atoms with Gasteiger partial charge in [-0.05, 0) is 31.7 Å². The molecule has 1 saturated carbocycles. The largest absolute Gasteiger partial charge is 0.377 e. The molecular weight excluding hydrogens is 226 g/mol. The third kappa shape index (κ3) is 3.07. The van der Waals surface area contributed by atoms with E-state index in [1.54, 1.807) is 0 Å². The zero-order chi connectivity index (χ0) is 12.2. The van der Waals surface area contributed by atoms with Crippen molar-refractivity contribution >= 4 is 5.82 Å². The molecule has 0 aromatic carbocycles. The van der Waals surface area contributed by atoms with Gasteiger partial charge in [-0.25, -0.2) is 9.97 Å². The summed E-state index contributed by atoms with van der Waals surface area (Å²) < 4.78 is 5.30. The predicted molar refractivity (Wildman–Crippen MR) is 70.6 cm³/mol. The van der Waals surface area contributed by atoms with Crippen LogP contribution in [0.25, 0.3) is 0 Å². The Morgan fingerprint density at radius 3 is 3.11 bits per heavy atom. The van der Waals surface area contributed by atoms with E-state index in [-0.39, 0.29) is 0 Å². The van der Waals surface area contributed by atoms with Gasteiger partial charge in [0.05, 0.1) is 13.2 Å². The van der Waals surface area contributed by atoms with Gasteiger partial charge in [0.15, 0.2) is 0 Å².